The maximum Gasteiger partial charge on any atom is 0.133 e. The molecule has 0 aromatic heterocycles. The quantitative estimate of drug-likeness (QED) is 0.570. The van der Waals surface area contributed by atoms with E-state index in [1.807, 2.05) is 0 Å². The number of thioether (sulfide) groups is 1. The van der Waals surface area contributed by atoms with Gasteiger partial charge < -0.3 is 14.7 Å². The first-order valence-corrected chi connectivity index (χ1v) is 8.43. The first kappa shape index (κ1) is 14.6. The summed E-state index contributed by atoms with van der Waals surface area (Å²) in [6.07, 6.45) is 4.51. The van der Waals surface area contributed by atoms with E-state index in [1.165, 1.54) is 0 Å². The largest absolute Gasteiger partial charge is 0.385 e. The highest BCUT2D eigenvalue weighted by atomic mass is 32.2. The molecule has 3 aliphatic heterocycles. The molecule has 0 aliphatic carbocycles. The maximum atomic E-state index is 11.1. The van der Waals surface area contributed by atoms with E-state index < -0.39 is 5.60 Å². The van der Waals surface area contributed by atoms with Gasteiger partial charge in [0.1, 0.15) is 11.0 Å². The number of fused-ring (bicyclic) bond motifs is 3. The monoisotopic (exact) mass is 273 g/mol. The molecule has 18 heavy (non-hydrogen) atoms. The number of ether oxygens (including phenoxy) is 1. The number of hydrogen-bond donors (Lipinski definition) is 1. The Balaban J connectivity index is 1.99. The van der Waals surface area contributed by atoms with Crippen LogP contribution in [0.15, 0.2) is 0 Å². The van der Waals surface area contributed by atoms with Crippen LogP contribution in [0, 0.1) is 5.92 Å². The minimum absolute atomic E-state index is 0.0397. The van der Waals surface area contributed by atoms with Crippen molar-refractivity contribution in [3.05, 3.63) is 0 Å². The fourth-order valence-electron chi connectivity index (χ4n) is 3.17. The van der Waals surface area contributed by atoms with Crippen molar-refractivity contribution in [3.63, 3.8) is 0 Å². The Morgan fingerprint density at radius 3 is 2.61 bits per heavy atom. The molecule has 1 N–H and O–H groups in total. The zero-order chi connectivity index (χ0) is 13.0. The van der Waals surface area contributed by atoms with Crippen LogP contribution in [0.25, 0.3) is 0 Å². The Labute approximate surface area is 115 Å². The van der Waals surface area contributed by atoms with Crippen LogP contribution in [-0.4, -0.2) is 53.0 Å². The molecule has 3 heterocycles. The summed E-state index contributed by atoms with van der Waals surface area (Å²) in [6.45, 7) is 8.22. The van der Waals surface area contributed by atoms with Crippen LogP contribution in [-0.2, 0) is 4.74 Å². The van der Waals surface area contributed by atoms with Crippen molar-refractivity contribution < 1.29 is 9.84 Å². The van der Waals surface area contributed by atoms with Crippen molar-refractivity contribution >= 4 is 11.8 Å². The van der Waals surface area contributed by atoms with Crippen LogP contribution < -0.4 is 0 Å². The second-order valence-electron chi connectivity index (χ2n) is 5.55. The molecule has 0 amide bonds. The minimum atomic E-state index is -0.620. The second-order valence-corrected chi connectivity index (χ2v) is 6.89. The molecule has 4 heteroatoms. The van der Waals surface area contributed by atoms with E-state index >= 15 is 0 Å². The summed E-state index contributed by atoms with van der Waals surface area (Å²) in [5, 5.41) is 11.1. The highest BCUT2D eigenvalue weighted by Crippen LogP contribution is 2.42. The summed E-state index contributed by atoms with van der Waals surface area (Å²) in [5.74, 6) is 1.44. The van der Waals surface area contributed by atoms with Crippen molar-refractivity contribution in [2.75, 3.05) is 32.0 Å². The molecule has 106 valence electrons. The first-order valence-electron chi connectivity index (χ1n) is 7.38. The van der Waals surface area contributed by atoms with Gasteiger partial charge in [-0.15, -0.1) is 11.8 Å². The molecule has 0 saturated carbocycles. The first-order chi connectivity index (χ1) is 8.70. The summed E-state index contributed by atoms with van der Waals surface area (Å²) < 4.78 is 6.00. The predicted octanol–water partition coefficient (Wildman–Crippen LogP) is 2.34. The summed E-state index contributed by atoms with van der Waals surface area (Å²) >= 11 is 1.77. The van der Waals surface area contributed by atoms with Crippen LogP contribution in [0.4, 0.5) is 0 Å². The van der Waals surface area contributed by atoms with E-state index in [1.54, 1.807) is 11.8 Å². The van der Waals surface area contributed by atoms with Gasteiger partial charge in [0.15, 0.2) is 0 Å². The molecule has 3 saturated heterocycles. The Hall–Kier alpha value is 0.230. The normalized spacial score (nSPS) is 36.8. The Morgan fingerprint density at radius 1 is 1.39 bits per heavy atom. The van der Waals surface area contributed by atoms with Gasteiger partial charge in [0.2, 0.25) is 0 Å². The van der Waals surface area contributed by atoms with E-state index in [-0.39, 0.29) is 5.44 Å². The molecule has 3 fully saturated rings. The van der Waals surface area contributed by atoms with E-state index in [4.69, 9.17) is 4.74 Å². The van der Waals surface area contributed by atoms with E-state index in [0.717, 1.165) is 57.7 Å². The average Bonchev–Trinajstić information content (AvgIpc) is 2.39. The lowest BCUT2D eigenvalue weighted by Gasteiger charge is -2.52. The zero-order valence-corrected chi connectivity index (χ0v) is 12.5. The fraction of sp³-hybridized carbons (Fsp3) is 1.00. The Bertz CT molecular complexity index is 256. The molecule has 0 spiro atoms. The third-order valence-electron chi connectivity index (χ3n) is 4.26. The molecule has 0 radical (unpaired) electrons. The summed E-state index contributed by atoms with van der Waals surface area (Å²) in [4.78, 5) is 2.40. The molecule has 2 atom stereocenters. The van der Waals surface area contributed by atoms with E-state index in [2.05, 4.69) is 18.7 Å². The minimum Gasteiger partial charge on any atom is -0.385 e. The van der Waals surface area contributed by atoms with Gasteiger partial charge in [0.05, 0.1) is 0 Å². The predicted molar refractivity (Wildman–Crippen MR) is 76.9 cm³/mol. The molecular formula is C14H27NO2S. The molecular weight excluding hydrogens is 246 g/mol. The second kappa shape index (κ2) is 6.60. The summed E-state index contributed by atoms with van der Waals surface area (Å²) in [6, 6.07) is 0. The number of rotatable bonds is 7. The molecule has 0 aromatic carbocycles. The molecule has 3 aliphatic rings. The van der Waals surface area contributed by atoms with Crippen LogP contribution in [0.5, 0.6) is 0 Å². The fourth-order valence-corrected chi connectivity index (χ4v) is 4.22. The SMILES string of the molecule is CCCCOC(SCC)C1(O)CN2CCC1CC2. The molecule has 2 unspecified atom stereocenters. The van der Waals surface area contributed by atoms with Crippen molar-refractivity contribution in [2.24, 2.45) is 5.92 Å². The number of unbranched alkanes of at least 4 members (excludes halogenated alkanes) is 1. The zero-order valence-electron chi connectivity index (χ0n) is 11.7. The lowest BCUT2D eigenvalue weighted by Crippen LogP contribution is -2.64. The van der Waals surface area contributed by atoms with Crippen molar-refractivity contribution in [2.45, 2.75) is 50.6 Å². The van der Waals surface area contributed by atoms with Crippen LogP contribution in [0.2, 0.25) is 0 Å². The van der Waals surface area contributed by atoms with Gasteiger partial charge in [-0.25, -0.2) is 0 Å². The van der Waals surface area contributed by atoms with Gasteiger partial charge >= 0.3 is 0 Å². The summed E-state index contributed by atoms with van der Waals surface area (Å²) in [5.41, 5.74) is -0.660. The lowest BCUT2D eigenvalue weighted by atomic mass is 9.75. The van der Waals surface area contributed by atoms with Gasteiger partial charge in [-0.3, -0.25) is 0 Å². The topological polar surface area (TPSA) is 32.7 Å². The van der Waals surface area contributed by atoms with Crippen LogP contribution in [0.3, 0.4) is 0 Å². The van der Waals surface area contributed by atoms with Gasteiger partial charge in [0.25, 0.3) is 0 Å². The standard InChI is InChI=1S/C14H27NO2S/c1-3-5-10-17-13(18-4-2)14(16)11-15-8-6-12(14)7-9-15/h12-13,16H,3-11H2,1-2H3. The molecule has 0 aromatic rings. The van der Waals surface area contributed by atoms with Gasteiger partial charge in [0, 0.05) is 13.2 Å². The number of nitrogens with zero attached hydrogens (tertiary/aromatic N) is 1. The van der Waals surface area contributed by atoms with Crippen LogP contribution >= 0.6 is 11.8 Å². The average molecular weight is 273 g/mol. The number of piperidine rings is 3. The third-order valence-corrected chi connectivity index (χ3v) is 5.45. The highest BCUT2D eigenvalue weighted by Gasteiger charge is 2.50. The number of hydrogen-bond acceptors (Lipinski definition) is 4. The smallest absolute Gasteiger partial charge is 0.133 e. The van der Waals surface area contributed by atoms with Crippen molar-refractivity contribution in [1.29, 1.82) is 0 Å². The third kappa shape index (κ3) is 3.03. The van der Waals surface area contributed by atoms with Crippen LogP contribution in [0.1, 0.15) is 39.5 Å². The van der Waals surface area contributed by atoms with Gasteiger partial charge in [-0.05, 0) is 44.0 Å². The molecule has 3 rings (SSSR count). The van der Waals surface area contributed by atoms with Gasteiger partial charge in [-0.2, -0.15) is 0 Å². The molecule has 3 nitrogen and oxygen atoms in total. The lowest BCUT2D eigenvalue weighted by molar-refractivity contribution is -0.161. The van der Waals surface area contributed by atoms with Crippen molar-refractivity contribution in [1.82, 2.24) is 4.90 Å². The molecule has 2 bridgehead atoms. The van der Waals surface area contributed by atoms with Gasteiger partial charge in [-0.1, -0.05) is 20.3 Å². The van der Waals surface area contributed by atoms with E-state index in [0.29, 0.717) is 5.92 Å². The highest BCUT2D eigenvalue weighted by molar-refractivity contribution is 7.99. The Kier molecular flexibility index (Phi) is 5.36. The number of aliphatic hydroxyl groups is 1. The summed E-state index contributed by atoms with van der Waals surface area (Å²) in [7, 11) is 0. The maximum absolute atomic E-state index is 11.1. The van der Waals surface area contributed by atoms with Crippen molar-refractivity contribution in [3.8, 4) is 0 Å². The van der Waals surface area contributed by atoms with E-state index in [9.17, 15) is 5.11 Å². The Morgan fingerprint density at radius 2 is 2.11 bits per heavy atom.